The summed E-state index contributed by atoms with van der Waals surface area (Å²) in [5.41, 5.74) is 1.23. The van der Waals surface area contributed by atoms with Crippen LogP contribution in [0.2, 0.25) is 0 Å². The van der Waals surface area contributed by atoms with Crippen molar-refractivity contribution in [2.75, 3.05) is 6.54 Å². The van der Waals surface area contributed by atoms with Gasteiger partial charge in [0.15, 0.2) is 0 Å². The fourth-order valence-corrected chi connectivity index (χ4v) is 3.27. The Balaban J connectivity index is 1.70. The van der Waals surface area contributed by atoms with Gasteiger partial charge in [0.1, 0.15) is 5.01 Å². The van der Waals surface area contributed by atoms with Crippen molar-refractivity contribution in [3.05, 3.63) is 46.7 Å². The summed E-state index contributed by atoms with van der Waals surface area (Å²) in [6, 6.07) is 4.23. The van der Waals surface area contributed by atoms with E-state index in [1.165, 1.54) is 5.56 Å². The number of pyridine rings is 1. The SMILES string of the molecule is O[C@H]1CCN(Cc2nccs2)[C@H]1Cc1ccncc1. The van der Waals surface area contributed by atoms with Gasteiger partial charge in [0.2, 0.25) is 0 Å². The summed E-state index contributed by atoms with van der Waals surface area (Å²) >= 11 is 1.67. The Morgan fingerprint density at radius 2 is 2.16 bits per heavy atom. The van der Waals surface area contributed by atoms with Gasteiger partial charge in [-0.05, 0) is 30.5 Å². The number of rotatable bonds is 4. The average Bonchev–Trinajstić information content (AvgIpc) is 3.05. The maximum atomic E-state index is 10.2. The van der Waals surface area contributed by atoms with Crippen molar-refractivity contribution >= 4 is 11.3 Å². The van der Waals surface area contributed by atoms with E-state index >= 15 is 0 Å². The summed E-state index contributed by atoms with van der Waals surface area (Å²) < 4.78 is 0. The van der Waals surface area contributed by atoms with Crippen LogP contribution in [-0.4, -0.2) is 38.7 Å². The summed E-state index contributed by atoms with van der Waals surface area (Å²) in [5, 5.41) is 13.3. The van der Waals surface area contributed by atoms with Gasteiger partial charge in [0, 0.05) is 36.6 Å². The number of thiazole rings is 1. The Morgan fingerprint density at radius 3 is 2.89 bits per heavy atom. The minimum atomic E-state index is -0.242. The molecule has 2 aromatic heterocycles. The second kappa shape index (κ2) is 5.77. The van der Waals surface area contributed by atoms with E-state index in [4.69, 9.17) is 0 Å². The second-order valence-corrected chi connectivity index (χ2v) is 5.86. The van der Waals surface area contributed by atoms with Crippen molar-refractivity contribution in [1.29, 1.82) is 0 Å². The summed E-state index contributed by atoms with van der Waals surface area (Å²) in [6.07, 6.45) is 6.93. The van der Waals surface area contributed by atoms with E-state index in [1.54, 1.807) is 11.3 Å². The number of aliphatic hydroxyl groups excluding tert-OH is 1. The van der Waals surface area contributed by atoms with Gasteiger partial charge in [-0.2, -0.15) is 0 Å². The molecule has 3 heterocycles. The van der Waals surface area contributed by atoms with Gasteiger partial charge in [0.05, 0.1) is 12.6 Å². The Labute approximate surface area is 116 Å². The van der Waals surface area contributed by atoms with E-state index < -0.39 is 0 Å². The van der Waals surface area contributed by atoms with Gasteiger partial charge < -0.3 is 5.11 Å². The molecule has 1 saturated heterocycles. The van der Waals surface area contributed by atoms with E-state index in [-0.39, 0.29) is 12.1 Å². The molecule has 100 valence electrons. The third kappa shape index (κ3) is 3.00. The van der Waals surface area contributed by atoms with Crippen LogP contribution in [0.4, 0.5) is 0 Å². The predicted molar refractivity (Wildman–Crippen MR) is 74.9 cm³/mol. The first kappa shape index (κ1) is 12.7. The smallest absolute Gasteiger partial charge is 0.107 e. The molecule has 0 saturated carbocycles. The van der Waals surface area contributed by atoms with Crippen molar-refractivity contribution in [1.82, 2.24) is 14.9 Å². The molecular formula is C14H17N3OS. The Kier molecular flexibility index (Phi) is 3.87. The molecule has 4 nitrogen and oxygen atoms in total. The first-order valence-electron chi connectivity index (χ1n) is 6.52. The number of aromatic nitrogens is 2. The number of hydrogen-bond donors (Lipinski definition) is 1. The van der Waals surface area contributed by atoms with Gasteiger partial charge in [-0.25, -0.2) is 4.98 Å². The molecule has 2 atom stereocenters. The van der Waals surface area contributed by atoms with Crippen LogP contribution < -0.4 is 0 Å². The van der Waals surface area contributed by atoms with Crippen LogP contribution in [-0.2, 0) is 13.0 Å². The summed E-state index contributed by atoms with van der Waals surface area (Å²) in [7, 11) is 0. The molecule has 1 fully saturated rings. The molecule has 3 rings (SSSR count). The lowest BCUT2D eigenvalue weighted by Crippen LogP contribution is -2.36. The summed E-state index contributed by atoms with van der Waals surface area (Å²) in [4.78, 5) is 10.7. The van der Waals surface area contributed by atoms with Crippen LogP contribution in [0, 0.1) is 0 Å². The minimum Gasteiger partial charge on any atom is -0.391 e. The maximum Gasteiger partial charge on any atom is 0.107 e. The molecule has 1 aliphatic heterocycles. The number of likely N-dealkylation sites (tertiary alicyclic amines) is 1. The minimum absolute atomic E-state index is 0.186. The molecule has 1 N–H and O–H groups in total. The van der Waals surface area contributed by atoms with Crippen LogP contribution in [0.3, 0.4) is 0 Å². The Morgan fingerprint density at radius 1 is 1.32 bits per heavy atom. The average molecular weight is 275 g/mol. The van der Waals surface area contributed by atoms with Crippen molar-refractivity contribution in [3.8, 4) is 0 Å². The third-order valence-electron chi connectivity index (χ3n) is 3.64. The Bertz CT molecular complexity index is 503. The first-order valence-corrected chi connectivity index (χ1v) is 7.40. The zero-order valence-electron chi connectivity index (χ0n) is 10.6. The van der Waals surface area contributed by atoms with Gasteiger partial charge in [-0.1, -0.05) is 0 Å². The van der Waals surface area contributed by atoms with Gasteiger partial charge in [-0.3, -0.25) is 9.88 Å². The zero-order chi connectivity index (χ0) is 13.1. The van der Waals surface area contributed by atoms with E-state index in [0.29, 0.717) is 0 Å². The van der Waals surface area contributed by atoms with Crippen LogP contribution in [0.1, 0.15) is 17.0 Å². The van der Waals surface area contributed by atoms with Gasteiger partial charge >= 0.3 is 0 Å². The van der Waals surface area contributed by atoms with Crippen LogP contribution >= 0.6 is 11.3 Å². The van der Waals surface area contributed by atoms with Crippen LogP contribution in [0.15, 0.2) is 36.1 Å². The largest absolute Gasteiger partial charge is 0.391 e. The summed E-state index contributed by atoms with van der Waals surface area (Å²) in [6.45, 7) is 1.78. The van der Waals surface area contributed by atoms with Crippen LogP contribution in [0.25, 0.3) is 0 Å². The molecule has 1 aliphatic rings. The van der Waals surface area contributed by atoms with Crippen LogP contribution in [0.5, 0.6) is 0 Å². The lowest BCUT2D eigenvalue weighted by Gasteiger charge is -2.25. The highest BCUT2D eigenvalue weighted by molar-refractivity contribution is 7.09. The normalized spacial score (nSPS) is 23.8. The van der Waals surface area contributed by atoms with Crippen molar-refractivity contribution < 1.29 is 5.11 Å². The number of aliphatic hydroxyl groups is 1. The van der Waals surface area contributed by atoms with Crippen molar-refractivity contribution in [2.24, 2.45) is 0 Å². The summed E-state index contributed by atoms with van der Waals surface area (Å²) in [5.74, 6) is 0. The molecule has 2 aromatic rings. The molecule has 0 amide bonds. The van der Waals surface area contributed by atoms with Gasteiger partial charge in [0.25, 0.3) is 0 Å². The molecule has 0 radical (unpaired) electrons. The highest BCUT2D eigenvalue weighted by Crippen LogP contribution is 2.24. The molecule has 0 aliphatic carbocycles. The molecule has 0 bridgehead atoms. The highest BCUT2D eigenvalue weighted by atomic mass is 32.1. The molecule has 5 heteroatoms. The number of hydrogen-bond acceptors (Lipinski definition) is 5. The van der Waals surface area contributed by atoms with E-state index in [0.717, 1.165) is 30.9 Å². The quantitative estimate of drug-likeness (QED) is 0.923. The molecule has 19 heavy (non-hydrogen) atoms. The van der Waals surface area contributed by atoms with E-state index in [9.17, 15) is 5.11 Å². The zero-order valence-corrected chi connectivity index (χ0v) is 11.5. The first-order chi connectivity index (χ1) is 9.33. The van der Waals surface area contributed by atoms with Crippen molar-refractivity contribution in [2.45, 2.75) is 31.5 Å². The monoisotopic (exact) mass is 275 g/mol. The van der Waals surface area contributed by atoms with Gasteiger partial charge in [-0.15, -0.1) is 11.3 Å². The Hall–Kier alpha value is -1.30. The lowest BCUT2D eigenvalue weighted by atomic mass is 10.0. The second-order valence-electron chi connectivity index (χ2n) is 4.88. The van der Waals surface area contributed by atoms with E-state index in [2.05, 4.69) is 14.9 Å². The standard InChI is InChI=1S/C14H17N3OS/c18-13-3-7-17(10-14-16-6-8-19-14)12(13)9-11-1-4-15-5-2-11/h1-2,4-6,8,12-13,18H,3,7,9-10H2/t12-,13-/m0/s1. The predicted octanol–water partition coefficient (Wildman–Crippen LogP) is 1.72. The van der Waals surface area contributed by atoms with E-state index in [1.807, 2.05) is 36.1 Å². The fourth-order valence-electron chi connectivity index (χ4n) is 2.63. The molecule has 0 spiro atoms. The molecule has 0 aromatic carbocycles. The highest BCUT2D eigenvalue weighted by Gasteiger charge is 2.32. The maximum absolute atomic E-state index is 10.2. The lowest BCUT2D eigenvalue weighted by molar-refractivity contribution is 0.112. The third-order valence-corrected chi connectivity index (χ3v) is 4.41. The fraction of sp³-hybridized carbons (Fsp3) is 0.429. The molecular weight excluding hydrogens is 258 g/mol. The van der Waals surface area contributed by atoms with Crippen molar-refractivity contribution in [3.63, 3.8) is 0 Å². The topological polar surface area (TPSA) is 49.2 Å². The number of nitrogens with zero attached hydrogens (tertiary/aromatic N) is 3. The molecule has 0 unspecified atom stereocenters.